The van der Waals surface area contributed by atoms with Crippen molar-refractivity contribution in [2.24, 2.45) is 7.05 Å². The SMILES string of the molecule is [B]C([B])([B])n1ncc2cc(-c3c(-c4cnn(C)c4)[nH]c4ncc5c(c34)C3(CCN([C@@](C)(CC#N)COC)CC3)C(=O)N5C)ccc21. The molecular formula is C32H32B3N9O2. The number of nitriles is 1. The zero-order valence-electron chi connectivity index (χ0n) is 26.4. The fourth-order valence-electron chi connectivity index (χ4n) is 7.60. The molecule has 46 heavy (non-hydrogen) atoms. The van der Waals surface area contributed by atoms with E-state index in [9.17, 15) is 10.1 Å². The molecule has 7 rings (SSSR count). The number of H-pyrrole nitrogens is 1. The van der Waals surface area contributed by atoms with Gasteiger partial charge in [-0.1, -0.05) is 6.07 Å². The number of methoxy groups -OCH3 is 1. The van der Waals surface area contributed by atoms with Crippen molar-refractivity contribution >= 4 is 57.1 Å². The van der Waals surface area contributed by atoms with E-state index in [1.54, 1.807) is 29.1 Å². The Morgan fingerprint density at radius 1 is 1.11 bits per heavy atom. The zero-order valence-corrected chi connectivity index (χ0v) is 26.4. The van der Waals surface area contributed by atoms with Gasteiger partial charge in [0.05, 0.1) is 89.1 Å². The minimum Gasteiger partial charge on any atom is -0.383 e. The summed E-state index contributed by atoms with van der Waals surface area (Å²) >= 11 is 0. The number of anilines is 1. The first-order valence-corrected chi connectivity index (χ1v) is 15.2. The first-order chi connectivity index (χ1) is 21.9. The van der Waals surface area contributed by atoms with Crippen LogP contribution in [0.3, 0.4) is 0 Å². The largest absolute Gasteiger partial charge is 0.383 e. The van der Waals surface area contributed by atoms with Crippen molar-refractivity contribution < 1.29 is 9.53 Å². The fraction of sp³-hybridized carbons (Fsp3) is 0.406. The molecule has 11 nitrogen and oxygen atoms in total. The van der Waals surface area contributed by atoms with Gasteiger partial charge >= 0.3 is 0 Å². The summed E-state index contributed by atoms with van der Waals surface area (Å²) in [4.78, 5) is 26.8. The molecule has 2 aliphatic heterocycles. The van der Waals surface area contributed by atoms with Crippen LogP contribution in [-0.2, 0) is 27.2 Å². The van der Waals surface area contributed by atoms with E-state index in [0.717, 1.165) is 44.4 Å². The lowest BCUT2D eigenvalue weighted by molar-refractivity contribution is -0.125. The van der Waals surface area contributed by atoms with Gasteiger partial charge in [0.25, 0.3) is 0 Å². The van der Waals surface area contributed by atoms with Gasteiger partial charge in [-0.25, -0.2) is 4.98 Å². The van der Waals surface area contributed by atoms with Gasteiger partial charge in [-0.3, -0.25) is 19.1 Å². The number of pyridine rings is 1. The molecule has 2 aliphatic rings. The third kappa shape index (κ3) is 4.43. The molecule has 6 radical (unpaired) electrons. The van der Waals surface area contributed by atoms with Gasteiger partial charge in [-0.15, -0.1) is 0 Å². The van der Waals surface area contributed by atoms with Crippen LogP contribution in [0.2, 0.25) is 0 Å². The van der Waals surface area contributed by atoms with Crippen molar-refractivity contribution in [3.05, 3.63) is 48.5 Å². The van der Waals surface area contributed by atoms with Crippen LogP contribution in [0.15, 0.2) is 43.0 Å². The molecule has 4 aromatic heterocycles. The number of nitrogens with zero attached hydrogens (tertiary/aromatic N) is 8. The number of likely N-dealkylation sites (tertiary alicyclic amines) is 1. The number of amides is 1. The number of hydrogen-bond acceptors (Lipinski definition) is 7. The maximum atomic E-state index is 14.3. The number of carbonyl (C=O) groups excluding carboxylic acids is 1. The number of rotatable bonds is 7. The molecular weight excluding hydrogens is 575 g/mol. The summed E-state index contributed by atoms with van der Waals surface area (Å²) in [5.74, 6) is 0.0576. The summed E-state index contributed by atoms with van der Waals surface area (Å²) in [5.41, 5.74) is 5.49. The van der Waals surface area contributed by atoms with Crippen molar-refractivity contribution in [2.45, 2.75) is 42.4 Å². The van der Waals surface area contributed by atoms with Gasteiger partial charge < -0.3 is 14.6 Å². The maximum absolute atomic E-state index is 14.3. The molecule has 1 atom stereocenters. The summed E-state index contributed by atoms with van der Waals surface area (Å²) in [7, 11) is 23.3. The van der Waals surface area contributed by atoms with Crippen molar-refractivity contribution in [3.8, 4) is 28.5 Å². The van der Waals surface area contributed by atoms with Crippen LogP contribution in [0.4, 0.5) is 5.69 Å². The number of ether oxygens (including phenoxy) is 1. The highest BCUT2D eigenvalue weighted by Gasteiger charge is 2.54. The van der Waals surface area contributed by atoms with E-state index in [2.05, 4.69) is 33.1 Å². The Hall–Kier alpha value is -4.34. The molecule has 1 amide bonds. The van der Waals surface area contributed by atoms with E-state index >= 15 is 0 Å². The monoisotopic (exact) mass is 607 g/mol. The quantitative estimate of drug-likeness (QED) is 0.283. The average Bonchev–Trinajstić information content (AvgIpc) is 3.78. The Morgan fingerprint density at radius 2 is 1.87 bits per heavy atom. The summed E-state index contributed by atoms with van der Waals surface area (Å²) in [6.45, 7) is 3.78. The molecule has 0 bridgehead atoms. The van der Waals surface area contributed by atoms with E-state index < -0.39 is 16.2 Å². The van der Waals surface area contributed by atoms with E-state index in [1.807, 2.05) is 44.7 Å². The Kier molecular flexibility index (Phi) is 6.99. The molecule has 14 heteroatoms. The van der Waals surface area contributed by atoms with E-state index in [-0.39, 0.29) is 5.91 Å². The normalized spacial score (nSPS) is 18.0. The molecule has 0 aliphatic carbocycles. The minimum atomic E-state index is -1.66. The second kappa shape index (κ2) is 10.6. The molecule has 6 heterocycles. The average molecular weight is 607 g/mol. The Morgan fingerprint density at radius 3 is 2.52 bits per heavy atom. The highest BCUT2D eigenvalue weighted by atomic mass is 16.5. The number of aryl methyl sites for hydroxylation is 1. The van der Waals surface area contributed by atoms with Gasteiger partial charge in [0.2, 0.25) is 5.91 Å². The first-order valence-electron chi connectivity index (χ1n) is 15.2. The van der Waals surface area contributed by atoms with Crippen molar-refractivity contribution in [1.29, 1.82) is 5.26 Å². The summed E-state index contributed by atoms with van der Waals surface area (Å²) in [6.07, 6.45) is 8.78. The highest BCUT2D eigenvalue weighted by Crippen LogP contribution is 2.54. The summed E-state index contributed by atoms with van der Waals surface area (Å²) < 4.78 is 8.68. The van der Waals surface area contributed by atoms with Crippen LogP contribution < -0.4 is 4.90 Å². The summed E-state index contributed by atoms with van der Waals surface area (Å²) in [6, 6.07) is 8.25. The number of aromatic nitrogens is 6. The predicted molar refractivity (Wildman–Crippen MR) is 179 cm³/mol. The van der Waals surface area contributed by atoms with Gasteiger partial charge in [-0.2, -0.15) is 15.5 Å². The van der Waals surface area contributed by atoms with Gasteiger partial charge in [0, 0.05) is 68.0 Å². The maximum Gasteiger partial charge on any atom is 0.237 e. The van der Waals surface area contributed by atoms with Crippen LogP contribution in [-0.4, -0.2) is 103 Å². The number of nitrogens with one attached hydrogen (secondary N) is 1. The van der Waals surface area contributed by atoms with Crippen molar-refractivity contribution in [1.82, 2.24) is 34.4 Å². The Balaban J connectivity index is 1.44. The molecule has 1 saturated heterocycles. The van der Waals surface area contributed by atoms with Crippen molar-refractivity contribution in [3.63, 3.8) is 0 Å². The fourth-order valence-corrected chi connectivity index (χ4v) is 7.60. The number of piperidine rings is 1. The number of benzene rings is 1. The number of hydrogen-bond donors (Lipinski definition) is 1. The highest BCUT2D eigenvalue weighted by molar-refractivity contribution is 6.56. The minimum absolute atomic E-state index is 0.0576. The molecule has 1 fully saturated rings. The third-order valence-corrected chi connectivity index (χ3v) is 9.87. The third-order valence-electron chi connectivity index (χ3n) is 9.87. The van der Waals surface area contributed by atoms with E-state index in [0.29, 0.717) is 50.1 Å². The number of likely N-dealkylation sites (N-methyl/N-ethyl adjacent to an activating group) is 1. The van der Waals surface area contributed by atoms with Crippen LogP contribution >= 0.6 is 0 Å². The molecule has 1 aromatic carbocycles. The number of fused-ring (bicyclic) bond motifs is 5. The number of aromatic amines is 1. The molecule has 226 valence electrons. The molecule has 0 saturated carbocycles. The van der Waals surface area contributed by atoms with Crippen LogP contribution in [0.25, 0.3) is 44.3 Å². The lowest BCUT2D eigenvalue weighted by atomic mass is 9.49. The van der Waals surface area contributed by atoms with Crippen LogP contribution in [0, 0.1) is 11.3 Å². The number of carbonyl (C=O) groups is 1. The lowest BCUT2D eigenvalue weighted by Gasteiger charge is -2.46. The first kappa shape index (κ1) is 30.3. The molecule has 1 N–H and O–H groups in total. The van der Waals surface area contributed by atoms with Crippen molar-refractivity contribution in [2.75, 3.05) is 38.8 Å². The smallest absolute Gasteiger partial charge is 0.237 e. The standard InChI is InChI=1S/C32H32B3N9O2/c1-30(7-10-36,18-46-4)43-11-8-31(9-12-43)26-23(42(3)29(31)45)16-37-28-25(26)24(27(40-28)21-15-38-41(2)17-21)19-5-6-22-20(13-19)14-39-44(22)32(33,34)35/h5-6,13-17H,7-9,11-12,18H2,1-4H3,(H,37,40)/t30-/m0/s1. The molecule has 1 spiro atoms. The zero-order chi connectivity index (χ0) is 32.6. The van der Waals surface area contributed by atoms with E-state index in [1.165, 1.54) is 4.68 Å². The van der Waals surface area contributed by atoms with Gasteiger partial charge in [0.15, 0.2) is 0 Å². The van der Waals surface area contributed by atoms with Gasteiger partial charge in [0.1, 0.15) is 5.65 Å². The van der Waals surface area contributed by atoms with Crippen LogP contribution in [0.5, 0.6) is 0 Å². The predicted octanol–water partition coefficient (Wildman–Crippen LogP) is 2.68. The second-order valence-corrected chi connectivity index (χ2v) is 12.9. The summed E-state index contributed by atoms with van der Waals surface area (Å²) in [5, 5.41) is 18.4. The second-order valence-electron chi connectivity index (χ2n) is 12.9. The van der Waals surface area contributed by atoms with Crippen LogP contribution in [0.1, 0.15) is 31.7 Å². The van der Waals surface area contributed by atoms with Gasteiger partial charge in [-0.05, 0) is 42.7 Å². The Labute approximate surface area is 271 Å². The topological polar surface area (TPSA) is 121 Å². The lowest BCUT2D eigenvalue weighted by Crippen LogP contribution is -2.56. The molecule has 5 aromatic rings. The van der Waals surface area contributed by atoms with E-state index in [4.69, 9.17) is 33.3 Å². The molecule has 0 unspecified atom stereocenters. The Bertz CT molecular complexity index is 2040.